The van der Waals surface area contributed by atoms with Gasteiger partial charge >= 0.3 is 5.97 Å². The van der Waals surface area contributed by atoms with Crippen LogP contribution in [0.5, 0.6) is 11.5 Å². The maximum Gasteiger partial charge on any atom is 0.338 e. The third-order valence-corrected chi connectivity index (χ3v) is 6.02. The van der Waals surface area contributed by atoms with Gasteiger partial charge < -0.3 is 19.1 Å². The van der Waals surface area contributed by atoms with Gasteiger partial charge in [0.25, 0.3) is 5.91 Å². The number of ether oxygens (including phenoxy) is 3. The SMILES string of the molecule is CCCOc1c(Cl)cc(C(=O)OCC(=O)N2CCCC2c2cccs2)cc1OCC. The highest BCUT2D eigenvalue weighted by Crippen LogP contribution is 2.37. The van der Waals surface area contributed by atoms with E-state index in [0.29, 0.717) is 31.3 Å². The molecule has 30 heavy (non-hydrogen) atoms. The number of carbonyl (C=O) groups is 2. The molecule has 0 radical (unpaired) electrons. The smallest absolute Gasteiger partial charge is 0.338 e. The maximum absolute atomic E-state index is 12.7. The zero-order chi connectivity index (χ0) is 21.5. The van der Waals surface area contributed by atoms with Gasteiger partial charge in [0.15, 0.2) is 18.1 Å². The minimum atomic E-state index is -0.625. The van der Waals surface area contributed by atoms with Gasteiger partial charge in [0.2, 0.25) is 0 Å². The van der Waals surface area contributed by atoms with Gasteiger partial charge in [-0.25, -0.2) is 4.79 Å². The van der Waals surface area contributed by atoms with E-state index in [1.54, 1.807) is 16.2 Å². The third kappa shape index (κ3) is 5.26. The van der Waals surface area contributed by atoms with Crippen molar-refractivity contribution in [1.82, 2.24) is 4.90 Å². The van der Waals surface area contributed by atoms with Gasteiger partial charge in [-0.05, 0) is 49.8 Å². The predicted octanol–water partition coefficient (Wildman–Crippen LogP) is 5.11. The molecule has 0 bridgehead atoms. The number of carbonyl (C=O) groups excluding carboxylic acids is 2. The van der Waals surface area contributed by atoms with Crippen molar-refractivity contribution in [2.24, 2.45) is 0 Å². The summed E-state index contributed by atoms with van der Waals surface area (Å²) >= 11 is 7.94. The second kappa shape index (κ2) is 10.7. The molecule has 3 rings (SSSR count). The maximum atomic E-state index is 12.7. The molecule has 1 aromatic carbocycles. The lowest BCUT2D eigenvalue weighted by Crippen LogP contribution is -2.34. The number of esters is 1. The van der Waals surface area contributed by atoms with E-state index in [9.17, 15) is 9.59 Å². The fraction of sp³-hybridized carbons (Fsp3) is 0.455. The summed E-state index contributed by atoms with van der Waals surface area (Å²) in [5.41, 5.74) is 0.219. The van der Waals surface area contributed by atoms with Crippen LogP contribution in [0, 0.1) is 0 Å². The van der Waals surface area contributed by atoms with Crippen LogP contribution in [0.1, 0.15) is 54.4 Å². The first-order valence-corrected chi connectivity index (χ1v) is 11.4. The van der Waals surface area contributed by atoms with E-state index in [1.165, 1.54) is 12.1 Å². The molecule has 1 saturated heterocycles. The molecule has 1 aliphatic rings. The molecule has 0 N–H and O–H groups in total. The summed E-state index contributed by atoms with van der Waals surface area (Å²) in [6.45, 7) is 5.06. The van der Waals surface area contributed by atoms with Gasteiger partial charge in [-0.3, -0.25) is 4.79 Å². The number of halogens is 1. The van der Waals surface area contributed by atoms with Crippen LogP contribution in [0.4, 0.5) is 0 Å². The van der Waals surface area contributed by atoms with E-state index in [-0.39, 0.29) is 29.1 Å². The topological polar surface area (TPSA) is 65.1 Å². The molecule has 8 heteroatoms. The Hall–Kier alpha value is -2.25. The molecule has 1 atom stereocenters. The molecule has 0 saturated carbocycles. The van der Waals surface area contributed by atoms with Crippen molar-refractivity contribution >= 4 is 34.8 Å². The highest BCUT2D eigenvalue weighted by atomic mass is 35.5. The lowest BCUT2D eigenvalue weighted by molar-refractivity contribution is -0.135. The summed E-state index contributed by atoms with van der Waals surface area (Å²) in [4.78, 5) is 28.2. The monoisotopic (exact) mass is 451 g/mol. The fourth-order valence-corrected chi connectivity index (χ4v) is 4.57. The van der Waals surface area contributed by atoms with E-state index < -0.39 is 5.97 Å². The summed E-state index contributed by atoms with van der Waals surface area (Å²) in [5.74, 6) is -0.0312. The summed E-state index contributed by atoms with van der Waals surface area (Å²) < 4.78 is 16.5. The molecule has 2 aromatic rings. The van der Waals surface area contributed by atoms with Crippen molar-refractivity contribution in [1.29, 1.82) is 0 Å². The Kier molecular flexibility index (Phi) is 7.99. The van der Waals surface area contributed by atoms with Gasteiger partial charge in [-0.1, -0.05) is 24.6 Å². The molecule has 1 aromatic heterocycles. The highest BCUT2D eigenvalue weighted by molar-refractivity contribution is 7.10. The summed E-state index contributed by atoms with van der Waals surface area (Å²) in [6, 6.07) is 7.09. The Morgan fingerprint density at radius 3 is 2.80 bits per heavy atom. The Balaban J connectivity index is 1.66. The Morgan fingerprint density at radius 1 is 1.27 bits per heavy atom. The quantitative estimate of drug-likeness (QED) is 0.495. The minimum absolute atomic E-state index is 0.0604. The largest absolute Gasteiger partial charge is 0.490 e. The third-order valence-electron chi connectivity index (χ3n) is 4.77. The van der Waals surface area contributed by atoms with Gasteiger partial charge in [0.1, 0.15) is 0 Å². The standard InChI is InChI=1S/C22H26ClNO5S/c1-3-10-28-21-16(23)12-15(13-18(21)27-4-2)22(26)29-14-20(25)24-9-5-7-17(24)19-8-6-11-30-19/h6,8,11-13,17H,3-5,7,9-10,14H2,1-2H3. The van der Waals surface area contributed by atoms with Crippen molar-refractivity contribution in [3.05, 3.63) is 45.1 Å². The van der Waals surface area contributed by atoms with E-state index in [0.717, 1.165) is 24.1 Å². The van der Waals surface area contributed by atoms with Crippen LogP contribution < -0.4 is 9.47 Å². The molecule has 1 fully saturated rings. The number of hydrogen-bond acceptors (Lipinski definition) is 6. The summed E-state index contributed by atoms with van der Waals surface area (Å²) in [7, 11) is 0. The summed E-state index contributed by atoms with van der Waals surface area (Å²) in [5, 5.41) is 2.27. The van der Waals surface area contributed by atoms with Crippen molar-refractivity contribution in [2.45, 2.75) is 39.2 Å². The Morgan fingerprint density at radius 2 is 2.10 bits per heavy atom. The number of likely N-dealkylation sites (tertiary alicyclic amines) is 1. The second-order valence-corrected chi connectivity index (χ2v) is 8.29. The average molecular weight is 452 g/mol. The first-order chi connectivity index (χ1) is 14.5. The minimum Gasteiger partial charge on any atom is -0.490 e. The Bertz CT molecular complexity index is 871. The number of thiophene rings is 1. The van der Waals surface area contributed by atoms with Crippen molar-refractivity contribution in [3.8, 4) is 11.5 Å². The van der Waals surface area contributed by atoms with Crippen LogP contribution in [0.15, 0.2) is 29.6 Å². The van der Waals surface area contributed by atoms with Crippen LogP contribution >= 0.6 is 22.9 Å². The summed E-state index contributed by atoms with van der Waals surface area (Å²) in [6.07, 6.45) is 2.68. The normalized spacial score (nSPS) is 15.8. The van der Waals surface area contributed by atoms with Crippen LogP contribution in [0.3, 0.4) is 0 Å². The zero-order valence-electron chi connectivity index (χ0n) is 17.2. The van der Waals surface area contributed by atoms with Crippen LogP contribution in [0.25, 0.3) is 0 Å². The van der Waals surface area contributed by atoms with Crippen LogP contribution in [-0.4, -0.2) is 43.1 Å². The number of rotatable bonds is 9. The molecule has 2 heterocycles. The van der Waals surface area contributed by atoms with Gasteiger partial charge in [0.05, 0.1) is 29.8 Å². The number of amides is 1. The van der Waals surface area contributed by atoms with Gasteiger partial charge in [-0.2, -0.15) is 0 Å². The van der Waals surface area contributed by atoms with Crippen molar-refractivity contribution in [3.63, 3.8) is 0 Å². The molecular formula is C22H26ClNO5S. The highest BCUT2D eigenvalue weighted by Gasteiger charge is 2.31. The lowest BCUT2D eigenvalue weighted by atomic mass is 10.2. The molecule has 1 aliphatic heterocycles. The van der Waals surface area contributed by atoms with Crippen molar-refractivity contribution < 1.29 is 23.8 Å². The van der Waals surface area contributed by atoms with Crippen LogP contribution in [0.2, 0.25) is 5.02 Å². The van der Waals surface area contributed by atoms with E-state index in [4.69, 9.17) is 25.8 Å². The second-order valence-electron chi connectivity index (χ2n) is 6.90. The lowest BCUT2D eigenvalue weighted by Gasteiger charge is -2.23. The molecule has 0 spiro atoms. The molecular weight excluding hydrogens is 426 g/mol. The molecule has 1 amide bonds. The van der Waals surface area contributed by atoms with Crippen LogP contribution in [-0.2, 0) is 9.53 Å². The van der Waals surface area contributed by atoms with Gasteiger partial charge in [-0.15, -0.1) is 11.3 Å². The van der Waals surface area contributed by atoms with E-state index in [2.05, 4.69) is 0 Å². The Labute approximate surface area is 185 Å². The van der Waals surface area contributed by atoms with Crippen molar-refractivity contribution in [2.75, 3.05) is 26.4 Å². The molecule has 0 aliphatic carbocycles. The number of hydrogen-bond donors (Lipinski definition) is 0. The van der Waals surface area contributed by atoms with Gasteiger partial charge in [0, 0.05) is 11.4 Å². The fourth-order valence-electron chi connectivity index (χ4n) is 3.43. The van der Waals surface area contributed by atoms with E-state index >= 15 is 0 Å². The molecule has 162 valence electrons. The first-order valence-electron chi connectivity index (χ1n) is 10.1. The van der Waals surface area contributed by atoms with E-state index in [1.807, 2.05) is 31.4 Å². The molecule has 1 unspecified atom stereocenters. The number of benzene rings is 1. The number of nitrogens with zero attached hydrogens (tertiary/aromatic N) is 1. The first kappa shape index (κ1) is 22.4. The average Bonchev–Trinajstić information content (AvgIpc) is 3.42. The zero-order valence-corrected chi connectivity index (χ0v) is 18.8. The molecule has 6 nitrogen and oxygen atoms in total. The predicted molar refractivity (Wildman–Crippen MR) is 117 cm³/mol.